The number of nitrogens with zero attached hydrogens (tertiary/aromatic N) is 1. The zero-order chi connectivity index (χ0) is 16.9. The highest BCUT2D eigenvalue weighted by Crippen LogP contribution is 2.21. The number of amides is 3. The van der Waals surface area contributed by atoms with Gasteiger partial charge >= 0.3 is 6.03 Å². The Bertz CT molecular complexity index is 765. The summed E-state index contributed by atoms with van der Waals surface area (Å²) in [5.74, 6) is 0.113. The van der Waals surface area contributed by atoms with Crippen molar-refractivity contribution in [2.45, 2.75) is 13.3 Å². The number of nitrogens with one attached hydrogen (secondary N) is 2. The van der Waals surface area contributed by atoms with E-state index in [0.29, 0.717) is 24.4 Å². The standard InChI is InChI=1S/C18H19N3O3/c1-13-16(9-12-24-13)17(22)19-20-18(23)21-10-7-15(8-11-21)14-5-3-2-4-6-14/h2-7,9,12H,8,10-11H2,1H3,(H,19,22)(H,20,23). The van der Waals surface area contributed by atoms with Gasteiger partial charge in [0.25, 0.3) is 5.91 Å². The van der Waals surface area contributed by atoms with Gasteiger partial charge in [-0.05, 0) is 30.5 Å². The molecule has 1 aliphatic heterocycles. The van der Waals surface area contributed by atoms with E-state index in [9.17, 15) is 9.59 Å². The second-order valence-corrected chi connectivity index (χ2v) is 5.57. The quantitative estimate of drug-likeness (QED) is 0.834. The van der Waals surface area contributed by atoms with E-state index in [-0.39, 0.29) is 6.03 Å². The van der Waals surface area contributed by atoms with Crippen LogP contribution in [0.25, 0.3) is 5.57 Å². The Morgan fingerprint density at radius 2 is 1.92 bits per heavy atom. The molecule has 124 valence electrons. The van der Waals surface area contributed by atoms with Crippen molar-refractivity contribution in [3.8, 4) is 0 Å². The number of aryl methyl sites for hydroxylation is 1. The molecule has 1 aliphatic rings. The van der Waals surface area contributed by atoms with E-state index in [1.807, 2.05) is 24.3 Å². The van der Waals surface area contributed by atoms with Gasteiger partial charge in [0.2, 0.25) is 0 Å². The van der Waals surface area contributed by atoms with Crippen LogP contribution in [0.15, 0.2) is 53.2 Å². The zero-order valence-corrected chi connectivity index (χ0v) is 13.4. The summed E-state index contributed by atoms with van der Waals surface area (Å²) in [4.78, 5) is 25.7. The van der Waals surface area contributed by atoms with Crippen molar-refractivity contribution >= 4 is 17.5 Å². The van der Waals surface area contributed by atoms with Gasteiger partial charge in [0.1, 0.15) is 5.76 Å². The first-order valence-electron chi connectivity index (χ1n) is 7.79. The Hall–Kier alpha value is -3.02. The van der Waals surface area contributed by atoms with Crippen molar-refractivity contribution in [3.05, 3.63) is 65.6 Å². The fraction of sp³-hybridized carbons (Fsp3) is 0.222. The predicted octanol–water partition coefficient (Wildman–Crippen LogP) is 2.73. The third-order valence-corrected chi connectivity index (χ3v) is 4.03. The van der Waals surface area contributed by atoms with Crippen molar-refractivity contribution in [3.63, 3.8) is 0 Å². The van der Waals surface area contributed by atoms with E-state index in [4.69, 9.17) is 4.42 Å². The minimum Gasteiger partial charge on any atom is -0.469 e. The summed E-state index contributed by atoms with van der Waals surface area (Å²) < 4.78 is 5.07. The number of carbonyl (C=O) groups is 2. The van der Waals surface area contributed by atoms with Crippen LogP contribution in [-0.4, -0.2) is 29.9 Å². The molecule has 24 heavy (non-hydrogen) atoms. The summed E-state index contributed by atoms with van der Waals surface area (Å²) in [6.45, 7) is 2.81. The molecular formula is C18H19N3O3. The molecule has 2 heterocycles. The van der Waals surface area contributed by atoms with Gasteiger partial charge in [0, 0.05) is 13.1 Å². The fourth-order valence-electron chi connectivity index (χ4n) is 2.65. The lowest BCUT2D eigenvalue weighted by Crippen LogP contribution is -2.49. The number of urea groups is 1. The summed E-state index contributed by atoms with van der Waals surface area (Å²) in [6, 6.07) is 11.4. The lowest BCUT2D eigenvalue weighted by Gasteiger charge is -2.26. The van der Waals surface area contributed by atoms with Crippen LogP contribution < -0.4 is 10.9 Å². The molecule has 3 rings (SSSR count). The van der Waals surface area contributed by atoms with E-state index >= 15 is 0 Å². The Balaban J connectivity index is 1.53. The average Bonchev–Trinajstić information content (AvgIpc) is 3.06. The lowest BCUT2D eigenvalue weighted by molar-refractivity contribution is 0.0929. The van der Waals surface area contributed by atoms with Gasteiger partial charge in [-0.2, -0.15) is 0 Å². The highest BCUT2D eigenvalue weighted by molar-refractivity contribution is 5.96. The van der Waals surface area contributed by atoms with E-state index < -0.39 is 5.91 Å². The van der Waals surface area contributed by atoms with Gasteiger partial charge in [-0.15, -0.1) is 0 Å². The Kier molecular flexibility index (Phi) is 4.65. The van der Waals surface area contributed by atoms with Crippen LogP contribution in [0, 0.1) is 6.92 Å². The maximum Gasteiger partial charge on any atom is 0.336 e. The fourth-order valence-corrected chi connectivity index (χ4v) is 2.65. The number of benzene rings is 1. The monoisotopic (exact) mass is 325 g/mol. The zero-order valence-electron chi connectivity index (χ0n) is 13.4. The maximum atomic E-state index is 12.1. The Labute approximate surface area is 140 Å². The molecular weight excluding hydrogens is 306 g/mol. The third kappa shape index (κ3) is 3.48. The summed E-state index contributed by atoms with van der Waals surface area (Å²) >= 11 is 0. The molecule has 0 aliphatic carbocycles. The molecule has 1 aromatic carbocycles. The maximum absolute atomic E-state index is 12.1. The molecule has 6 heteroatoms. The van der Waals surface area contributed by atoms with Gasteiger partial charge in [-0.1, -0.05) is 36.4 Å². The van der Waals surface area contributed by atoms with Gasteiger partial charge in [0.05, 0.1) is 11.8 Å². The van der Waals surface area contributed by atoms with Crippen molar-refractivity contribution in [1.29, 1.82) is 0 Å². The van der Waals surface area contributed by atoms with Crippen LogP contribution in [0.2, 0.25) is 0 Å². The van der Waals surface area contributed by atoms with Crippen LogP contribution in [0.1, 0.15) is 28.1 Å². The number of hydrogen-bond acceptors (Lipinski definition) is 3. The average molecular weight is 325 g/mol. The largest absolute Gasteiger partial charge is 0.469 e. The summed E-state index contributed by atoms with van der Waals surface area (Å²) in [5, 5.41) is 0. The van der Waals surface area contributed by atoms with E-state index in [1.54, 1.807) is 17.9 Å². The minimum atomic E-state index is -0.396. The van der Waals surface area contributed by atoms with Crippen molar-refractivity contribution < 1.29 is 14.0 Å². The first-order valence-corrected chi connectivity index (χ1v) is 7.79. The first kappa shape index (κ1) is 15.9. The van der Waals surface area contributed by atoms with Crippen molar-refractivity contribution in [1.82, 2.24) is 15.8 Å². The summed E-state index contributed by atoms with van der Waals surface area (Å²) in [6.07, 6.45) is 4.26. The Morgan fingerprint density at radius 3 is 2.54 bits per heavy atom. The molecule has 6 nitrogen and oxygen atoms in total. The highest BCUT2D eigenvalue weighted by Gasteiger charge is 2.19. The molecule has 3 amide bonds. The smallest absolute Gasteiger partial charge is 0.336 e. The number of hydrogen-bond donors (Lipinski definition) is 2. The molecule has 0 bridgehead atoms. The van der Waals surface area contributed by atoms with Gasteiger partial charge in [-0.3, -0.25) is 10.2 Å². The second kappa shape index (κ2) is 7.04. The van der Waals surface area contributed by atoms with Gasteiger partial charge in [0.15, 0.2) is 0 Å². The summed E-state index contributed by atoms with van der Waals surface area (Å²) in [5.41, 5.74) is 7.66. The van der Waals surface area contributed by atoms with E-state index in [0.717, 1.165) is 6.42 Å². The van der Waals surface area contributed by atoms with Crippen LogP contribution in [0.4, 0.5) is 4.79 Å². The van der Waals surface area contributed by atoms with Crippen LogP contribution >= 0.6 is 0 Å². The van der Waals surface area contributed by atoms with Crippen LogP contribution in [-0.2, 0) is 0 Å². The Morgan fingerprint density at radius 1 is 1.12 bits per heavy atom. The first-order chi connectivity index (χ1) is 11.6. The van der Waals surface area contributed by atoms with Crippen LogP contribution in [0.3, 0.4) is 0 Å². The van der Waals surface area contributed by atoms with Crippen molar-refractivity contribution in [2.24, 2.45) is 0 Å². The number of carbonyl (C=O) groups excluding carboxylic acids is 2. The molecule has 0 radical (unpaired) electrons. The third-order valence-electron chi connectivity index (χ3n) is 4.03. The molecule has 0 saturated carbocycles. The molecule has 1 aromatic heterocycles. The normalized spacial score (nSPS) is 14.0. The van der Waals surface area contributed by atoms with Crippen LogP contribution in [0.5, 0.6) is 0 Å². The minimum absolute atomic E-state index is 0.326. The second-order valence-electron chi connectivity index (χ2n) is 5.57. The summed E-state index contributed by atoms with van der Waals surface area (Å²) in [7, 11) is 0. The topological polar surface area (TPSA) is 74.6 Å². The molecule has 0 atom stereocenters. The molecule has 0 spiro atoms. The number of rotatable bonds is 2. The highest BCUT2D eigenvalue weighted by atomic mass is 16.3. The van der Waals surface area contributed by atoms with Crippen molar-refractivity contribution in [2.75, 3.05) is 13.1 Å². The molecule has 2 N–H and O–H groups in total. The SMILES string of the molecule is Cc1occc1C(=O)NNC(=O)N1CC=C(c2ccccc2)CC1. The molecule has 0 unspecified atom stereocenters. The van der Waals surface area contributed by atoms with Gasteiger partial charge < -0.3 is 9.32 Å². The molecule has 0 fully saturated rings. The molecule has 2 aromatic rings. The van der Waals surface area contributed by atoms with E-state index in [2.05, 4.69) is 23.0 Å². The van der Waals surface area contributed by atoms with E-state index in [1.165, 1.54) is 17.4 Å². The lowest BCUT2D eigenvalue weighted by atomic mass is 10.00. The van der Waals surface area contributed by atoms with Gasteiger partial charge in [-0.25, -0.2) is 10.2 Å². The predicted molar refractivity (Wildman–Crippen MR) is 90.1 cm³/mol. The number of furan rings is 1. The number of hydrazine groups is 1. The molecule has 0 saturated heterocycles.